The Morgan fingerprint density at radius 2 is 1.63 bits per heavy atom. The van der Waals surface area contributed by atoms with E-state index in [1.807, 2.05) is 0 Å². The third-order valence-electron chi connectivity index (χ3n) is 2.52. The summed E-state index contributed by atoms with van der Waals surface area (Å²) in [6.07, 6.45) is 0. The minimum Gasteiger partial charge on any atom is -0.238 e. The smallest absolute Gasteiger partial charge is 0.238 e. The monoisotopic (exact) mass is 298 g/mol. The van der Waals surface area contributed by atoms with E-state index >= 15 is 0 Å². The lowest BCUT2D eigenvalue weighted by Gasteiger charge is -2.40. The minimum atomic E-state index is -9.66. The van der Waals surface area contributed by atoms with Crippen LogP contribution in [-0.2, 0) is 0 Å². The molecule has 0 atom stereocenters. The fourth-order valence-corrected chi connectivity index (χ4v) is 2.42. The zero-order chi connectivity index (χ0) is 14.5. The molecule has 0 saturated carbocycles. The van der Waals surface area contributed by atoms with Crippen LogP contribution in [0.4, 0.5) is 19.4 Å². The molecule has 0 bridgehead atoms. The summed E-state index contributed by atoms with van der Waals surface area (Å²) in [6, 6.07) is 4.68. The van der Waals surface area contributed by atoms with Gasteiger partial charge in [-0.2, -0.15) is 5.10 Å². The van der Waals surface area contributed by atoms with E-state index in [0.717, 1.165) is 6.07 Å². The molecule has 0 aliphatic carbocycles. The van der Waals surface area contributed by atoms with Gasteiger partial charge >= 0.3 is 10.2 Å². The first kappa shape index (κ1) is 13.9. The lowest BCUT2D eigenvalue weighted by atomic mass is 10.3. The quantitative estimate of drug-likeness (QED) is 0.701. The van der Waals surface area contributed by atoms with Crippen molar-refractivity contribution in [1.82, 2.24) is 9.78 Å². The highest BCUT2D eigenvalue weighted by atomic mass is 32.5. The van der Waals surface area contributed by atoms with Crippen LogP contribution in [0, 0.1) is 13.8 Å². The predicted octanol–water partition coefficient (Wildman–Crippen LogP) is 5.15. The summed E-state index contributed by atoms with van der Waals surface area (Å²) in [4.78, 5) is -1.91. The van der Waals surface area contributed by atoms with Crippen molar-refractivity contribution in [2.75, 3.05) is 0 Å². The molecule has 1 aromatic carbocycles. The van der Waals surface area contributed by atoms with Crippen LogP contribution >= 0.6 is 10.2 Å². The van der Waals surface area contributed by atoms with Crippen molar-refractivity contribution < 1.29 is 19.4 Å². The fraction of sp³-hybridized carbons (Fsp3) is 0.182. The summed E-state index contributed by atoms with van der Waals surface area (Å²) >= 11 is 0. The van der Waals surface area contributed by atoms with Crippen LogP contribution in [0.2, 0.25) is 0 Å². The van der Waals surface area contributed by atoms with Crippen molar-refractivity contribution in [2.24, 2.45) is 0 Å². The molecule has 1 heterocycles. The normalized spacial score (nSPS) is 15.9. The van der Waals surface area contributed by atoms with Gasteiger partial charge in [0.05, 0.1) is 11.4 Å². The molecule has 0 fully saturated rings. The van der Waals surface area contributed by atoms with E-state index in [4.69, 9.17) is 0 Å². The molecule has 19 heavy (non-hydrogen) atoms. The van der Waals surface area contributed by atoms with Crippen molar-refractivity contribution in [3.05, 3.63) is 41.7 Å². The maximum Gasteiger partial charge on any atom is 0.310 e. The van der Waals surface area contributed by atoms with Gasteiger partial charge in [0.25, 0.3) is 0 Å². The second kappa shape index (κ2) is 3.30. The number of halogens is 5. The van der Waals surface area contributed by atoms with Crippen LogP contribution in [-0.4, -0.2) is 9.78 Å². The molecular formula is C11H11F5N2S. The van der Waals surface area contributed by atoms with Gasteiger partial charge in [-0.15, -0.1) is 0 Å². The molecule has 2 aromatic rings. The molecule has 0 N–H and O–H groups in total. The summed E-state index contributed by atoms with van der Waals surface area (Å²) in [6.45, 7) is 3.30. The zero-order valence-corrected chi connectivity index (χ0v) is 10.9. The Labute approximate surface area is 106 Å². The summed E-state index contributed by atoms with van der Waals surface area (Å²) < 4.78 is 64.8. The molecule has 0 radical (unpaired) electrons. The highest BCUT2D eigenvalue weighted by Gasteiger charge is 2.65. The first-order valence-corrected chi connectivity index (χ1v) is 7.20. The summed E-state index contributed by atoms with van der Waals surface area (Å²) in [7, 11) is -9.66. The number of benzene rings is 1. The van der Waals surface area contributed by atoms with Crippen LogP contribution in [0.1, 0.15) is 11.4 Å². The van der Waals surface area contributed by atoms with Gasteiger partial charge in [-0.25, -0.2) is 4.68 Å². The number of rotatable bonds is 2. The van der Waals surface area contributed by atoms with Crippen LogP contribution in [0.3, 0.4) is 0 Å². The third kappa shape index (κ3) is 2.89. The first-order chi connectivity index (χ1) is 8.36. The molecule has 0 aliphatic rings. The molecule has 8 heteroatoms. The Bertz CT molecular complexity index is 645. The Morgan fingerprint density at radius 3 is 2.11 bits per heavy atom. The van der Waals surface area contributed by atoms with Gasteiger partial charge < -0.3 is 0 Å². The van der Waals surface area contributed by atoms with E-state index in [-0.39, 0.29) is 5.69 Å². The Hall–Kier alpha value is -1.57. The largest absolute Gasteiger partial charge is 0.310 e. The number of aromatic nitrogens is 2. The van der Waals surface area contributed by atoms with Gasteiger partial charge in [0.1, 0.15) is 4.90 Å². The SMILES string of the molecule is Cc1cc(C)n(-c2cccc(S(F)(F)(F)(F)F)c2)n1. The van der Waals surface area contributed by atoms with E-state index in [1.54, 1.807) is 19.9 Å². The maximum absolute atomic E-state index is 12.7. The van der Waals surface area contributed by atoms with E-state index in [9.17, 15) is 19.4 Å². The molecule has 0 amide bonds. The summed E-state index contributed by atoms with van der Waals surface area (Å²) in [5.41, 5.74) is 1.11. The second-order valence-corrected chi connectivity index (χ2v) is 6.71. The molecule has 0 aliphatic heterocycles. The van der Waals surface area contributed by atoms with Gasteiger partial charge in [0.15, 0.2) is 0 Å². The van der Waals surface area contributed by atoms with Gasteiger partial charge in [-0.3, -0.25) is 0 Å². The van der Waals surface area contributed by atoms with Crippen molar-refractivity contribution in [3.8, 4) is 5.69 Å². The van der Waals surface area contributed by atoms with Gasteiger partial charge in [-0.1, -0.05) is 25.5 Å². The molecular weight excluding hydrogens is 287 g/mol. The van der Waals surface area contributed by atoms with E-state index in [0.29, 0.717) is 23.5 Å². The average molecular weight is 298 g/mol. The molecule has 0 unspecified atom stereocenters. The number of hydrogen-bond acceptors (Lipinski definition) is 1. The van der Waals surface area contributed by atoms with Crippen molar-refractivity contribution in [3.63, 3.8) is 0 Å². The van der Waals surface area contributed by atoms with Gasteiger partial charge in [-0.05, 0) is 38.1 Å². The maximum atomic E-state index is 12.7. The van der Waals surface area contributed by atoms with Crippen molar-refractivity contribution in [2.45, 2.75) is 18.7 Å². The Balaban J connectivity index is 2.62. The fourth-order valence-electron chi connectivity index (χ4n) is 1.75. The lowest BCUT2D eigenvalue weighted by Crippen LogP contribution is -2.07. The van der Waals surface area contributed by atoms with Crippen molar-refractivity contribution in [1.29, 1.82) is 0 Å². The standard InChI is InChI=1S/C11H11F5N2S/c1-8-6-9(2)18(17-8)10-4-3-5-11(7-10)19(12,13,14,15)16/h3-7H,1-2H3. The molecule has 0 spiro atoms. The van der Waals surface area contributed by atoms with E-state index in [1.165, 1.54) is 10.7 Å². The highest BCUT2D eigenvalue weighted by Crippen LogP contribution is 3.02. The molecule has 1 aromatic heterocycles. The second-order valence-electron chi connectivity index (χ2n) is 4.31. The topological polar surface area (TPSA) is 17.8 Å². The van der Waals surface area contributed by atoms with Gasteiger partial charge in [0.2, 0.25) is 0 Å². The predicted molar refractivity (Wildman–Crippen MR) is 64.4 cm³/mol. The van der Waals surface area contributed by atoms with Crippen LogP contribution in [0.15, 0.2) is 35.2 Å². The Morgan fingerprint density at radius 1 is 1.00 bits per heavy atom. The van der Waals surface area contributed by atoms with Crippen LogP contribution < -0.4 is 0 Å². The molecule has 2 rings (SSSR count). The van der Waals surface area contributed by atoms with E-state index < -0.39 is 15.1 Å². The zero-order valence-electron chi connectivity index (χ0n) is 10.1. The highest BCUT2D eigenvalue weighted by molar-refractivity contribution is 8.45. The van der Waals surface area contributed by atoms with Crippen LogP contribution in [0.25, 0.3) is 5.69 Å². The Kier molecular flexibility index (Phi) is 2.41. The van der Waals surface area contributed by atoms with E-state index in [2.05, 4.69) is 5.10 Å². The number of aryl methyl sites for hydroxylation is 2. The van der Waals surface area contributed by atoms with Crippen LogP contribution in [0.5, 0.6) is 0 Å². The average Bonchev–Trinajstić information content (AvgIpc) is 2.55. The molecule has 2 nitrogen and oxygen atoms in total. The van der Waals surface area contributed by atoms with Crippen molar-refractivity contribution >= 4 is 10.2 Å². The molecule has 106 valence electrons. The first-order valence-electron chi connectivity index (χ1n) is 5.25. The number of hydrogen-bond donors (Lipinski definition) is 0. The third-order valence-corrected chi connectivity index (χ3v) is 3.66. The molecule has 0 saturated heterocycles. The van der Waals surface area contributed by atoms with Gasteiger partial charge in [0, 0.05) is 5.69 Å². The minimum absolute atomic E-state index is 0.0450. The lowest BCUT2D eigenvalue weighted by molar-refractivity contribution is 0.364. The summed E-state index contributed by atoms with van der Waals surface area (Å²) in [5.74, 6) is 0. The number of nitrogens with zero attached hydrogens (tertiary/aromatic N) is 2. The summed E-state index contributed by atoms with van der Waals surface area (Å²) in [5, 5.41) is 3.97.